The van der Waals surface area contributed by atoms with Crippen molar-refractivity contribution in [1.29, 1.82) is 0 Å². The van der Waals surface area contributed by atoms with Gasteiger partial charge in [0, 0.05) is 5.41 Å². The summed E-state index contributed by atoms with van der Waals surface area (Å²) in [5.74, 6) is 0.467. The number of rotatable bonds is 4. The molecule has 0 amide bonds. The Balaban J connectivity index is 2.24. The first kappa shape index (κ1) is 12.2. The molecule has 0 heterocycles. The highest BCUT2D eigenvalue weighted by atomic mass is 16.5. The van der Waals surface area contributed by atoms with Crippen molar-refractivity contribution in [2.75, 3.05) is 6.61 Å². The van der Waals surface area contributed by atoms with E-state index in [1.807, 2.05) is 25.1 Å². The lowest BCUT2D eigenvalue weighted by Crippen LogP contribution is -2.22. The van der Waals surface area contributed by atoms with E-state index in [9.17, 15) is 4.79 Å². The fourth-order valence-electron chi connectivity index (χ4n) is 2.85. The fourth-order valence-corrected chi connectivity index (χ4v) is 2.85. The van der Waals surface area contributed by atoms with Crippen molar-refractivity contribution in [3.8, 4) is 0 Å². The first-order valence-corrected chi connectivity index (χ1v) is 6.35. The predicted molar refractivity (Wildman–Crippen MR) is 67.7 cm³/mol. The lowest BCUT2D eigenvalue weighted by atomic mass is 9.83. The Bertz CT molecular complexity index is 397. The minimum absolute atomic E-state index is 0.00745. The lowest BCUT2D eigenvalue weighted by molar-refractivity contribution is -0.145. The Morgan fingerprint density at radius 2 is 2.06 bits per heavy atom. The van der Waals surface area contributed by atoms with Crippen LogP contribution in [0, 0.1) is 11.8 Å². The Morgan fingerprint density at radius 1 is 1.41 bits per heavy atom. The number of hydrogen-bond donors (Lipinski definition) is 0. The lowest BCUT2D eigenvalue weighted by Gasteiger charge is -2.22. The van der Waals surface area contributed by atoms with E-state index in [1.54, 1.807) is 0 Å². The van der Waals surface area contributed by atoms with Gasteiger partial charge in [0.15, 0.2) is 0 Å². The molecule has 2 nitrogen and oxygen atoms in total. The van der Waals surface area contributed by atoms with E-state index >= 15 is 0 Å². The molecule has 1 fully saturated rings. The molecule has 0 saturated heterocycles. The van der Waals surface area contributed by atoms with E-state index in [4.69, 9.17) is 4.74 Å². The van der Waals surface area contributed by atoms with E-state index in [0.717, 1.165) is 6.42 Å². The smallest absolute Gasteiger partial charge is 0.309 e. The van der Waals surface area contributed by atoms with Crippen LogP contribution >= 0.6 is 0 Å². The molecule has 0 aliphatic heterocycles. The molecular weight excluding hydrogens is 212 g/mol. The molecule has 1 unspecified atom stereocenters. The third-order valence-electron chi connectivity index (χ3n) is 3.92. The second-order valence-corrected chi connectivity index (χ2v) is 5.07. The normalized spacial score (nSPS) is 26.9. The summed E-state index contributed by atoms with van der Waals surface area (Å²) in [6.45, 7) is 6.70. The Kier molecular flexibility index (Phi) is 3.23. The van der Waals surface area contributed by atoms with Crippen LogP contribution in [0.4, 0.5) is 0 Å². The average Bonchev–Trinajstić information content (AvgIpc) is 3.07. The first-order chi connectivity index (χ1) is 8.13. The van der Waals surface area contributed by atoms with Crippen LogP contribution in [0.3, 0.4) is 0 Å². The summed E-state index contributed by atoms with van der Waals surface area (Å²) in [6, 6.07) is 10.3. The average molecular weight is 232 g/mol. The second kappa shape index (κ2) is 4.52. The molecule has 1 aromatic rings. The van der Waals surface area contributed by atoms with Gasteiger partial charge in [0.25, 0.3) is 0 Å². The van der Waals surface area contributed by atoms with Crippen LogP contribution in [0.15, 0.2) is 30.3 Å². The molecule has 2 heteroatoms. The standard InChI is InChI=1S/C15H20O2/c1-4-17-14(16)13-10-15(13,11(2)3)12-8-6-5-7-9-12/h5-9,11,13H,4,10H2,1-3H3/t13-,15?/m0/s1. The minimum Gasteiger partial charge on any atom is -0.466 e. The number of hydrogen-bond acceptors (Lipinski definition) is 2. The third kappa shape index (κ3) is 1.97. The van der Waals surface area contributed by atoms with Gasteiger partial charge in [-0.15, -0.1) is 0 Å². The van der Waals surface area contributed by atoms with Crippen LogP contribution in [0.2, 0.25) is 0 Å². The van der Waals surface area contributed by atoms with Gasteiger partial charge in [-0.2, -0.15) is 0 Å². The van der Waals surface area contributed by atoms with E-state index < -0.39 is 0 Å². The number of ether oxygens (including phenoxy) is 1. The number of carbonyl (C=O) groups excluding carboxylic acids is 1. The van der Waals surface area contributed by atoms with Crippen molar-refractivity contribution in [3.05, 3.63) is 35.9 Å². The molecule has 2 rings (SSSR count). The quantitative estimate of drug-likeness (QED) is 0.745. The van der Waals surface area contributed by atoms with Crippen molar-refractivity contribution in [2.24, 2.45) is 11.8 Å². The maximum atomic E-state index is 11.9. The summed E-state index contributed by atoms with van der Waals surface area (Å²) in [5.41, 5.74) is 1.28. The monoisotopic (exact) mass is 232 g/mol. The predicted octanol–water partition coefficient (Wildman–Crippen LogP) is 3.16. The highest BCUT2D eigenvalue weighted by Crippen LogP contribution is 2.59. The van der Waals surface area contributed by atoms with Gasteiger partial charge in [-0.05, 0) is 24.8 Å². The van der Waals surface area contributed by atoms with Gasteiger partial charge in [0.2, 0.25) is 0 Å². The summed E-state index contributed by atoms with van der Waals surface area (Å²) >= 11 is 0. The summed E-state index contributed by atoms with van der Waals surface area (Å²) in [7, 11) is 0. The van der Waals surface area contributed by atoms with E-state index in [1.165, 1.54) is 5.56 Å². The second-order valence-electron chi connectivity index (χ2n) is 5.07. The Morgan fingerprint density at radius 3 is 2.59 bits per heavy atom. The van der Waals surface area contributed by atoms with E-state index in [-0.39, 0.29) is 17.3 Å². The summed E-state index contributed by atoms with van der Waals surface area (Å²) in [4.78, 5) is 11.9. The van der Waals surface area contributed by atoms with Crippen LogP contribution in [-0.4, -0.2) is 12.6 Å². The van der Waals surface area contributed by atoms with Crippen LogP contribution in [0.5, 0.6) is 0 Å². The number of carbonyl (C=O) groups is 1. The SMILES string of the molecule is CCOC(=O)[C@@H]1CC1(c1ccccc1)C(C)C. The van der Waals surface area contributed by atoms with Gasteiger partial charge in [-0.25, -0.2) is 0 Å². The van der Waals surface area contributed by atoms with Gasteiger partial charge in [0.1, 0.15) is 0 Å². The molecule has 0 aromatic heterocycles. The summed E-state index contributed by atoms with van der Waals surface area (Å²) < 4.78 is 5.15. The minimum atomic E-state index is -0.0370. The first-order valence-electron chi connectivity index (χ1n) is 6.35. The van der Waals surface area contributed by atoms with Crippen LogP contribution in [0.1, 0.15) is 32.8 Å². The van der Waals surface area contributed by atoms with Gasteiger partial charge >= 0.3 is 5.97 Å². The molecule has 1 aliphatic rings. The van der Waals surface area contributed by atoms with Gasteiger partial charge in [0.05, 0.1) is 12.5 Å². The largest absolute Gasteiger partial charge is 0.466 e. The zero-order valence-corrected chi connectivity index (χ0v) is 10.8. The topological polar surface area (TPSA) is 26.3 Å². The van der Waals surface area contributed by atoms with E-state index in [2.05, 4.69) is 26.0 Å². The molecule has 0 N–H and O–H groups in total. The van der Waals surface area contributed by atoms with Crippen LogP contribution in [-0.2, 0) is 14.9 Å². The zero-order valence-electron chi connectivity index (χ0n) is 10.8. The molecule has 1 aromatic carbocycles. The molecule has 2 atom stereocenters. The Hall–Kier alpha value is -1.31. The van der Waals surface area contributed by atoms with E-state index in [0.29, 0.717) is 12.5 Å². The summed E-state index contributed by atoms with van der Waals surface area (Å²) in [6.07, 6.45) is 0.924. The van der Waals surface area contributed by atoms with Crippen molar-refractivity contribution in [1.82, 2.24) is 0 Å². The highest BCUT2D eigenvalue weighted by molar-refractivity contribution is 5.79. The number of esters is 1. The van der Waals surface area contributed by atoms with Crippen molar-refractivity contribution < 1.29 is 9.53 Å². The molecule has 0 bridgehead atoms. The molecule has 92 valence electrons. The van der Waals surface area contributed by atoms with Crippen LogP contribution < -0.4 is 0 Å². The summed E-state index contributed by atoms with van der Waals surface area (Å²) in [5, 5.41) is 0. The van der Waals surface area contributed by atoms with Gasteiger partial charge in [-0.3, -0.25) is 4.79 Å². The van der Waals surface area contributed by atoms with Crippen molar-refractivity contribution in [3.63, 3.8) is 0 Å². The number of benzene rings is 1. The molecule has 1 saturated carbocycles. The molecule has 0 radical (unpaired) electrons. The highest BCUT2D eigenvalue weighted by Gasteiger charge is 2.61. The zero-order chi connectivity index (χ0) is 12.5. The van der Waals surface area contributed by atoms with Crippen molar-refractivity contribution in [2.45, 2.75) is 32.6 Å². The third-order valence-corrected chi connectivity index (χ3v) is 3.92. The Labute approximate surface area is 103 Å². The van der Waals surface area contributed by atoms with Crippen molar-refractivity contribution >= 4 is 5.97 Å². The van der Waals surface area contributed by atoms with Gasteiger partial charge < -0.3 is 4.74 Å². The molecule has 17 heavy (non-hydrogen) atoms. The maximum Gasteiger partial charge on any atom is 0.309 e. The molecular formula is C15H20O2. The fraction of sp³-hybridized carbons (Fsp3) is 0.533. The van der Waals surface area contributed by atoms with Crippen LogP contribution in [0.25, 0.3) is 0 Å². The molecule has 0 spiro atoms. The maximum absolute atomic E-state index is 11.9. The van der Waals surface area contributed by atoms with Gasteiger partial charge in [-0.1, -0.05) is 44.2 Å². The molecule has 1 aliphatic carbocycles.